The molecule has 1 saturated heterocycles. The van der Waals surface area contributed by atoms with Crippen LogP contribution in [-0.4, -0.2) is 47.4 Å². The number of piperidine rings is 1. The molecule has 0 aliphatic carbocycles. The highest BCUT2D eigenvalue weighted by atomic mass is 16.5. The number of hydrogen-bond donors (Lipinski definition) is 1. The molecule has 1 aliphatic heterocycles. The Labute approximate surface area is 150 Å². The molecule has 0 saturated carbocycles. The summed E-state index contributed by atoms with van der Waals surface area (Å²) >= 11 is 0. The second-order valence-corrected chi connectivity index (χ2v) is 6.22. The van der Waals surface area contributed by atoms with Crippen molar-refractivity contribution in [2.45, 2.75) is 19.4 Å². The minimum atomic E-state index is -0.525. The summed E-state index contributed by atoms with van der Waals surface area (Å²) in [7, 11) is 1.29. The van der Waals surface area contributed by atoms with Crippen molar-refractivity contribution in [3.8, 4) is 11.5 Å². The smallest absolute Gasteiger partial charge is 0.354 e. The molecule has 0 bridgehead atoms. The Morgan fingerprint density at radius 2 is 1.96 bits per heavy atom. The molecule has 2 aromatic rings. The predicted molar refractivity (Wildman–Crippen MR) is 92.0 cm³/mol. The van der Waals surface area contributed by atoms with Crippen molar-refractivity contribution in [1.29, 1.82) is 0 Å². The summed E-state index contributed by atoms with van der Waals surface area (Å²) in [5.41, 5.74) is 6.23. The predicted octanol–water partition coefficient (Wildman–Crippen LogP) is 1.26. The second-order valence-electron chi connectivity index (χ2n) is 6.22. The van der Waals surface area contributed by atoms with Crippen LogP contribution in [0.3, 0.4) is 0 Å². The lowest BCUT2D eigenvalue weighted by Crippen LogP contribution is -2.43. The van der Waals surface area contributed by atoms with Gasteiger partial charge < -0.3 is 24.4 Å². The number of methoxy groups -OCH3 is 1. The number of aromatic nitrogens is 1. The van der Waals surface area contributed by atoms with Gasteiger partial charge in [-0.05, 0) is 37.1 Å². The third-order valence-corrected chi connectivity index (χ3v) is 4.69. The second kappa shape index (κ2) is 7.47. The van der Waals surface area contributed by atoms with Gasteiger partial charge in [0, 0.05) is 19.0 Å². The van der Waals surface area contributed by atoms with Crippen molar-refractivity contribution in [3.63, 3.8) is 0 Å². The standard InChI is InChI=1S/C18H21N3O5/c1-25-18(24)14-5-4-13(15-3-2-10-26-15)21(14)11-16(22)20-8-6-12(7-9-20)17(19)23/h2-5,10,12H,6-9,11H2,1H3,(H2,19,23). The van der Waals surface area contributed by atoms with E-state index in [-0.39, 0.29) is 30.0 Å². The number of nitrogens with zero attached hydrogens (tertiary/aromatic N) is 2. The molecular weight excluding hydrogens is 338 g/mol. The van der Waals surface area contributed by atoms with Gasteiger partial charge in [0.1, 0.15) is 18.0 Å². The lowest BCUT2D eigenvalue weighted by atomic mass is 9.96. The van der Waals surface area contributed by atoms with E-state index in [1.165, 1.54) is 13.4 Å². The van der Waals surface area contributed by atoms with Crippen molar-refractivity contribution in [2.75, 3.05) is 20.2 Å². The molecule has 0 spiro atoms. The molecule has 0 atom stereocenters. The van der Waals surface area contributed by atoms with Gasteiger partial charge >= 0.3 is 5.97 Å². The Hall–Kier alpha value is -3.03. The number of esters is 1. The summed E-state index contributed by atoms with van der Waals surface area (Å²) in [4.78, 5) is 37.7. The molecule has 1 fully saturated rings. The first-order valence-electron chi connectivity index (χ1n) is 8.40. The third kappa shape index (κ3) is 3.49. The first-order chi connectivity index (χ1) is 12.5. The van der Waals surface area contributed by atoms with Crippen LogP contribution in [0.2, 0.25) is 0 Å². The van der Waals surface area contributed by atoms with Crippen molar-refractivity contribution in [2.24, 2.45) is 11.7 Å². The van der Waals surface area contributed by atoms with Gasteiger partial charge in [-0.2, -0.15) is 0 Å². The summed E-state index contributed by atoms with van der Waals surface area (Å²) in [6.07, 6.45) is 2.64. The van der Waals surface area contributed by atoms with Gasteiger partial charge in [0.2, 0.25) is 11.8 Å². The number of carbonyl (C=O) groups is 3. The quantitative estimate of drug-likeness (QED) is 0.809. The van der Waals surface area contributed by atoms with Crippen molar-refractivity contribution >= 4 is 17.8 Å². The molecule has 8 heteroatoms. The molecule has 26 heavy (non-hydrogen) atoms. The van der Waals surface area contributed by atoms with E-state index in [1.54, 1.807) is 33.7 Å². The molecule has 0 radical (unpaired) electrons. The fraction of sp³-hybridized carbons (Fsp3) is 0.389. The van der Waals surface area contributed by atoms with Crippen molar-refractivity contribution in [3.05, 3.63) is 36.2 Å². The Bertz CT molecular complexity index is 801. The van der Waals surface area contributed by atoms with Gasteiger partial charge in [-0.25, -0.2) is 4.79 Å². The van der Waals surface area contributed by atoms with Gasteiger partial charge in [0.05, 0.1) is 19.1 Å². The van der Waals surface area contributed by atoms with Gasteiger partial charge in [-0.15, -0.1) is 0 Å². The summed E-state index contributed by atoms with van der Waals surface area (Å²) in [5.74, 6) is -0.615. The largest absolute Gasteiger partial charge is 0.464 e. The van der Waals surface area contributed by atoms with Crippen LogP contribution in [0.1, 0.15) is 23.3 Å². The molecular formula is C18H21N3O5. The first-order valence-corrected chi connectivity index (χ1v) is 8.40. The number of rotatable bonds is 5. The monoisotopic (exact) mass is 359 g/mol. The van der Waals surface area contributed by atoms with Gasteiger partial charge in [-0.3, -0.25) is 9.59 Å². The zero-order valence-corrected chi connectivity index (χ0v) is 14.5. The van der Waals surface area contributed by atoms with Crippen LogP contribution in [0, 0.1) is 5.92 Å². The van der Waals surface area contributed by atoms with E-state index in [9.17, 15) is 14.4 Å². The molecule has 0 unspecified atom stereocenters. The maximum Gasteiger partial charge on any atom is 0.354 e. The number of nitrogens with two attached hydrogens (primary N) is 1. The number of furan rings is 1. The van der Waals surface area contributed by atoms with Gasteiger partial charge in [0.15, 0.2) is 0 Å². The van der Waals surface area contributed by atoms with Crippen molar-refractivity contribution < 1.29 is 23.5 Å². The summed E-state index contributed by atoms with van der Waals surface area (Å²) in [6, 6.07) is 6.82. The first kappa shape index (κ1) is 17.8. The lowest BCUT2D eigenvalue weighted by molar-refractivity contribution is -0.135. The highest BCUT2D eigenvalue weighted by molar-refractivity contribution is 5.90. The number of carbonyl (C=O) groups excluding carboxylic acids is 3. The van der Waals surface area contributed by atoms with E-state index >= 15 is 0 Å². The minimum absolute atomic E-state index is 0.0191. The molecule has 138 valence electrons. The SMILES string of the molecule is COC(=O)c1ccc(-c2ccco2)n1CC(=O)N1CCC(C(N)=O)CC1. The number of hydrogen-bond acceptors (Lipinski definition) is 5. The molecule has 2 aromatic heterocycles. The Morgan fingerprint density at radius 3 is 2.54 bits per heavy atom. The fourth-order valence-electron chi connectivity index (χ4n) is 3.21. The summed E-state index contributed by atoms with van der Waals surface area (Å²) in [6.45, 7) is 0.920. The van der Waals surface area contributed by atoms with E-state index in [1.807, 2.05) is 0 Å². The molecule has 3 heterocycles. The van der Waals surface area contributed by atoms with Crippen LogP contribution < -0.4 is 5.73 Å². The van der Waals surface area contributed by atoms with Crippen LogP contribution in [0.15, 0.2) is 34.9 Å². The van der Waals surface area contributed by atoms with Crippen LogP contribution in [-0.2, 0) is 20.9 Å². The number of ether oxygens (including phenoxy) is 1. The Morgan fingerprint density at radius 1 is 1.23 bits per heavy atom. The van der Waals surface area contributed by atoms with E-state index in [0.717, 1.165) is 0 Å². The molecule has 1 aliphatic rings. The topological polar surface area (TPSA) is 108 Å². The Kier molecular flexibility index (Phi) is 5.11. The highest BCUT2D eigenvalue weighted by Crippen LogP contribution is 2.25. The van der Waals surface area contributed by atoms with Gasteiger partial charge in [0.25, 0.3) is 0 Å². The van der Waals surface area contributed by atoms with E-state index in [2.05, 4.69) is 0 Å². The normalized spacial score (nSPS) is 15.0. The minimum Gasteiger partial charge on any atom is -0.464 e. The average molecular weight is 359 g/mol. The van der Waals surface area contributed by atoms with Crippen LogP contribution >= 0.6 is 0 Å². The molecule has 0 aromatic carbocycles. The molecule has 2 amide bonds. The number of primary amides is 1. The lowest BCUT2D eigenvalue weighted by Gasteiger charge is -2.31. The van der Waals surface area contributed by atoms with E-state index < -0.39 is 5.97 Å². The Balaban J connectivity index is 1.80. The molecule has 3 rings (SSSR count). The van der Waals surface area contributed by atoms with Crippen LogP contribution in [0.25, 0.3) is 11.5 Å². The third-order valence-electron chi connectivity index (χ3n) is 4.69. The van der Waals surface area contributed by atoms with Crippen LogP contribution in [0.5, 0.6) is 0 Å². The summed E-state index contributed by atoms with van der Waals surface area (Å²) in [5, 5.41) is 0. The van der Waals surface area contributed by atoms with Gasteiger partial charge in [-0.1, -0.05) is 0 Å². The zero-order valence-electron chi connectivity index (χ0n) is 14.5. The molecule has 8 nitrogen and oxygen atoms in total. The number of amides is 2. The number of likely N-dealkylation sites (tertiary alicyclic amines) is 1. The van der Waals surface area contributed by atoms with Crippen LogP contribution in [0.4, 0.5) is 0 Å². The maximum atomic E-state index is 12.7. The summed E-state index contributed by atoms with van der Waals surface area (Å²) < 4.78 is 11.8. The van der Waals surface area contributed by atoms with Crippen molar-refractivity contribution in [1.82, 2.24) is 9.47 Å². The van der Waals surface area contributed by atoms with E-state index in [0.29, 0.717) is 37.4 Å². The maximum absolute atomic E-state index is 12.7. The fourth-order valence-corrected chi connectivity index (χ4v) is 3.21. The molecule has 2 N–H and O–H groups in total. The highest BCUT2D eigenvalue weighted by Gasteiger charge is 2.27. The zero-order chi connectivity index (χ0) is 18.7. The average Bonchev–Trinajstić information content (AvgIpc) is 3.30. The van der Waals surface area contributed by atoms with E-state index in [4.69, 9.17) is 14.9 Å².